The van der Waals surface area contributed by atoms with Gasteiger partial charge in [-0.2, -0.15) is 5.26 Å². The molecule has 0 aliphatic carbocycles. The third-order valence-corrected chi connectivity index (χ3v) is 5.10. The monoisotopic (exact) mass is 376 g/mol. The summed E-state index contributed by atoms with van der Waals surface area (Å²) in [7, 11) is 1.66. The molecule has 0 amide bonds. The fourth-order valence-corrected chi connectivity index (χ4v) is 4.03. The minimum atomic E-state index is 0.326. The molecule has 1 N–H and O–H groups in total. The van der Waals surface area contributed by atoms with Crippen molar-refractivity contribution in [1.82, 2.24) is 19.9 Å². The molecule has 7 nitrogen and oxygen atoms in total. The van der Waals surface area contributed by atoms with Crippen molar-refractivity contribution >= 4 is 16.5 Å². The number of aryl methyl sites for hydroxylation is 1. The first kappa shape index (κ1) is 18.3. The van der Waals surface area contributed by atoms with E-state index >= 15 is 0 Å². The molecule has 0 radical (unpaired) electrons. The first-order valence-electron chi connectivity index (χ1n) is 9.44. The molecule has 3 aromatic rings. The van der Waals surface area contributed by atoms with Crippen molar-refractivity contribution in [1.29, 1.82) is 5.26 Å². The van der Waals surface area contributed by atoms with Crippen LogP contribution in [0.25, 0.3) is 16.6 Å². The largest absolute Gasteiger partial charge is 0.497 e. The zero-order chi connectivity index (χ0) is 19.8. The van der Waals surface area contributed by atoms with Gasteiger partial charge in [-0.15, -0.1) is 0 Å². The minimum absolute atomic E-state index is 0.326. The van der Waals surface area contributed by atoms with E-state index in [1.807, 2.05) is 35.9 Å². The van der Waals surface area contributed by atoms with E-state index < -0.39 is 0 Å². The summed E-state index contributed by atoms with van der Waals surface area (Å²) in [6.07, 6.45) is 3.65. The van der Waals surface area contributed by atoms with E-state index in [4.69, 9.17) is 9.72 Å². The van der Waals surface area contributed by atoms with Crippen molar-refractivity contribution in [3.63, 3.8) is 0 Å². The van der Waals surface area contributed by atoms with Crippen molar-refractivity contribution in [2.24, 2.45) is 0 Å². The lowest BCUT2D eigenvalue weighted by Crippen LogP contribution is -2.54. The molecule has 28 heavy (non-hydrogen) atoms. The lowest BCUT2D eigenvalue weighted by Gasteiger charge is -2.38. The molecule has 0 spiro atoms. The molecule has 2 unspecified atom stereocenters. The fourth-order valence-electron chi connectivity index (χ4n) is 4.03. The highest BCUT2D eigenvalue weighted by Gasteiger charge is 2.26. The molecule has 7 heteroatoms. The van der Waals surface area contributed by atoms with Crippen molar-refractivity contribution in [2.45, 2.75) is 32.9 Å². The molecule has 1 fully saturated rings. The standard InChI is InChI=1S/C21H24N6O/c1-13-9-27(12-23-13)21-17-6-5-16(28-4)7-18(17)20(19(8-22)25-21)26-10-14(2)24-15(3)11-26/h5-7,9,12,14-15,24H,10-11H2,1-4H3. The molecule has 1 aliphatic rings. The Morgan fingerprint density at radius 2 is 1.96 bits per heavy atom. The number of piperazine rings is 1. The van der Waals surface area contributed by atoms with Crippen LogP contribution < -0.4 is 15.0 Å². The number of anilines is 1. The van der Waals surface area contributed by atoms with Crippen molar-refractivity contribution in [3.8, 4) is 17.6 Å². The summed E-state index contributed by atoms with van der Waals surface area (Å²) in [4.78, 5) is 11.3. The molecule has 1 aliphatic heterocycles. The fraction of sp³-hybridized carbons (Fsp3) is 0.381. The van der Waals surface area contributed by atoms with Gasteiger partial charge in [-0.3, -0.25) is 4.57 Å². The second kappa shape index (κ2) is 7.13. The van der Waals surface area contributed by atoms with E-state index in [1.165, 1.54) is 0 Å². The number of aromatic nitrogens is 3. The highest BCUT2D eigenvalue weighted by atomic mass is 16.5. The maximum Gasteiger partial charge on any atom is 0.166 e. The Morgan fingerprint density at radius 3 is 2.57 bits per heavy atom. The number of benzene rings is 1. The summed E-state index contributed by atoms with van der Waals surface area (Å²) in [6, 6.07) is 8.90. The number of nitrogens with zero attached hydrogens (tertiary/aromatic N) is 5. The molecule has 0 saturated carbocycles. The number of methoxy groups -OCH3 is 1. The lowest BCUT2D eigenvalue weighted by molar-refractivity contribution is 0.407. The van der Waals surface area contributed by atoms with Gasteiger partial charge in [0.1, 0.15) is 24.0 Å². The minimum Gasteiger partial charge on any atom is -0.497 e. The smallest absolute Gasteiger partial charge is 0.166 e. The molecule has 2 aromatic heterocycles. The van der Waals surface area contributed by atoms with E-state index in [1.54, 1.807) is 13.4 Å². The Labute approximate surface area is 164 Å². The molecular formula is C21H24N6O. The first-order chi connectivity index (χ1) is 13.5. The summed E-state index contributed by atoms with van der Waals surface area (Å²) in [5.41, 5.74) is 2.19. The van der Waals surface area contributed by atoms with Crippen LogP contribution in [-0.4, -0.2) is 46.8 Å². The number of nitriles is 1. The number of imidazole rings is 1. The van der Waals surface area contributed by atoms with E-state index in [-0.39, 0.29) is 0 Å². The molecule has 0 bridgehead atoms. The lowest BCUT2D eigenvalue weighted by atomic mass is 10.0. The van der Waals surface area contributed by atoms with Crippen LogP contribution in [0.2, 0.25) is 0 Å². The van der Waals surface area contributed by atoms with Gasteiger partial charge in [0.2, 0.25) is 0 Å². The summed E-state index contributed by atoms with van der Waals surface area (Å²) < 4.78 is 7.35. The van der Waals surface area contributed by atoms with Gasteiger partial charge in [0.15, 0.2) is 5.69 Å². The SMILES string of the molecule is COc1ccc2c(-n3cnc(C)c3)nc(C#N)c(N3CC(C)NC(C)C3)c2c1. The van der Waals surface area contributed by atoms with Gasteiger partial charge < -0.3 is 15.0 Å². The topological polar surface area (TPSA) is 79.0 Å². The Hall–Kier alpha value is -3.11. The van der Waals surface area contributed by atoms with Crippen LogP contribution >= 0.6 is 0 Å². The van der Waals surface area contributed by atoms with Crippen LogP contribution in [-0.2, 0) is 0 Å². The molecule has 4 rings (SSSR count). The number of fused-ring (bicyclic) bond motifs is 1. The number of pyridine rings is 1. The summed E-state index contributed by atoms with van der Waals surface area (Å²) >= 11 is 0. The predicted molar refractivity (Wildman–Crippen MR) is 109 cm³/mol. The first-order valence-corrected chi connectivity index (χ1v) is 9.44. The predicted octanol–water partition coefficient (Wildman–Crippen LogP) is 2.80. The van der Waals surface area contributed by atoms with Crippen LogP contribution in [0.4, 0.5) is 5.69 Å². The van der Waals surface area contributed by atoms with E-state index in [0.717, 1.165) is 41.0 Å². The normalized spacial score (nSPS) is 19.6. The molecule has 2 atom stereocenters. The average Bonchev–Trinajstić information content (AvgIpc) is 3.11. The van der Waals surface area contributed by atoms with Crippen molar-refractivity contribution in [3.05, 3.63) is 42.1 Å². The van der Waals surface area contributed by atoms with Crippen LogP contribution in [0.1, 0.15) is 25.2 Å². The number of hydrogen-bond acceptors (Lipinski definition) is 6. The van der Waals surface area contributed by atoms with Gasteiger partial charge in [-0.05, 0) is 39.0 Å². The third-order valence-electron chi connectivity index (χ3n) is 5.10. The van der Waals surface area contributed by atoms with Crippen LogP contribution in [0.5, 0.6) is 5.75 Å². The second-order valence-electron chi connectivity index (χ2n) is 7.45. The molecule has 1 aromatic carbocycles. The number of ether oxygens (including phenoxy) is 1. The maximum absolute atomic E-state index is 9.93. The van der Waals surface area contributed by atoms with Crippen molar-refractivity contribution < 1.29 is 4.74 Å². The van der Waals surface area contributed by atoms with Crippen LogP contribution in [0.15, 0.2) is 30.7 Å². The molecular weight excluding hydrogens is 352 g/mol. The van der Waals surface area contributed by atoms with Gasteiger partial charge in [0, 0.05) is 42.1 Å². The third kappa shape index (κ3) is 3.16. The zero-order valence-electron chi connectivity index (χ0n) is 16.6. The van der Waals surface area contributed by atoms with Gasteiger partial charge in [-0.1, -0.05) is 0 Å². The van der Waals surface area contributed by atoms with Crippen LogP contribution in [0.3, 0.4) is 0 Å². The Bertz CT molecular complexity index is 1060. The second-order valence-corrected chi connectivity index (χ2v) is 7.45. The van der Waals surface area contributed by atoms with Gasteiger partial charge in [0.05, 0.1) is 18.5 Å². The Kier molecular flexibility index (Phi) is 4.65. The summed E-state index contributed by atoms with van der Waals surface area (Å²) in [6.45, 7) is 7.89. The highest BCUT2D eigenvalue weighted by molar-refractivity contribution is 6.01. The molecule has 144 valence electrons. The zero-order valence-corrected chi connectivity index (χ0v) is 16.6. The van der Waals surface area contributed by atoms with E-state index in [0.29, 0.717) is 23.6 Å². The average molecular weight is 376 g/mol. The Balaban J connectivity index is 2.00. The quantitative estimate of drug-likeness (QED) is 0.757. The number of rotatable bonds is 3. The van der Waals surface area contributed by atoms with Crippen molar-refractivity contribution in [2.75, 3.05) is 25.1 Å². The maximum atomic E-state index is 9.93. The van der Waals surface area contributed by atoms with E-state index in [9.17, 15) is 5.26 Å². The van der Waals surface area contributed by atoms with Gasteiger partial charge in [-0.25, -0.2) is 9.97 Å². The van der Waals surface area contributed by atoms with Gasteiger partial charge in [0.25, 0.3) is 0 Å². The van der Waals surface area contributed by atoms with E-state index in [2.05, 4.69) is 35.1 Å². The summed E-state index contributed by atoms with van der Waals surface area (Å²) in [5.74, 6) is 1.46. The number of nitrogens with one attached hydrogen (secondary N) is 1. The summed E-state index contributed by atoms with van der Waals surface area (Å²) in [5, 5.41) is 15.4. The van der Waals surface area contributed by atoms with Crippen LogP contribution in [0, 0.1) is 18.3 Å². The Morgan fingerprint density at radius 1 is 1.21 bits per heavy atom. The molecule has 3 heterocycles. The molecule has 1 saturated heterocycles. The number of hydrogen-bond donors (Lipinski definition) is 1. The highest BCUT2D eigenvalue weighted by Crippen LogP contribution is 2.36. The van der Waals surface area contributed by atoms with Gasteiger partial charge >= 0.3 is 0 Å².